The van der Waals surface area contributed by atoms with E-state index in [1.54, 1.807) is 30.3 Å². The van der Waals surface area contributed by atoms with E-state index in [1.807, 2.05) is 12.1 Å². The standard InChI is InChI=1S/C22H19FN2O4S/c1-28-18-7-9-21(29-2)22(13-18)30(26,27)25-17-5-3-4-14(11-17)20-12-15-10-16(23)6-8-19(15)24-20/h3-13,24-25H,1-2H3. The van der Waals surface area contributed by atoms with Gasteiger partial charge in [0.1, 0.15) is 22.2 Å². The third-order valence-electron chi connectivity index (χ3n) is 4.67. The molecule has 0 spiro atoms. The summed E-state index contributed by atoms with van der Waals surface area (Å²) < 4.78 is 52.3. The summed E-state index contributed by atoms with van der Waals surface area (Å²) in [5, 5.41) is 0.733. The molecule has 0 aliphatic heterocycles. The molecule has 0 bridgehead atoms. The van der Waals surface area contributed by atoms with Gasteiger partial charge >= 0.3 is 0 Å². The van der Waals surface area contributed by atoms with E-state index in [2.05, 4.69) is 9.71 Å². The molecule has 4 aromatic rings. The fourth-order valence-corrected chi connectivity index (χ4v) is 4.45. The molecule has 6 nitrogen and oxygen atoms in total. The van der Waals surface area contributed by atoms with E-state index in [4.69, 9.17) is 9.47 Å². The first-order valence-corrected chi connectivity index (χ1v) is 10.5. The lowest BCUT2D eigenvalue weighted by atomic mass is 10.1. The molecule has 1 heterocycles. The first-order valence-electron chi connectivity index (χ1n) is 9.03. The number of hydrogen-bond donors (Lipinski definition) is 2. The molecule has 0 saturated carbocycles. The summed E-state index contributed by atoms with van der Waals surface area (Å²) in [6.45, 7) is 0. The van der Waals surface area contributed by atoms with Crippen molar-refractivity contribution in [3.05, 3.63) is 72.5 Å². The van der Waals surface area contributed by atoms with Crippen LogP contribution >= 0.6 is 0 Å². The summed E-state index contributed by atoms with van der Waals surface area (Å²) in [7, 11) is -1.07. The van der Waals surface area contributed by atoms with E-state index in [0.29, 0.717) is 11.4 Å². The Morgan fingerprint density at radius 3 is 2.53 bits per heavy atom. The number of halogens is 1. The molecule has 0 aliphatic carbocycles. The maximum Gasteiger partial charge on any atom is 0.265 e. The lowest BCUT2D eigenvalue weighted by molar-refractivity contribution is 0.392. The Kier molecular flexibility index (Phi) is 5.09. The zero-order valence-corrected chi connectivity index (χ0v) is 17.1. The van der Waals surface area contributed by atoms with E-state index in [-0.39, 0.29) is 16.5 Å². The summed E-state index contributed by atoms with van der Waals surface area (Å²) in [5.41, 5.74) is 2.67. The lowest BCUT2D eigenvalue weighted by Crippen LogP contribution is -2.14. The number of rotatable bonds is 6. The first-order chi connectivity index (χ1) is 14.4. The quantitative estimate of drug-likeness (QED) is 0.464. The summed E-state index contributed by atoms with van der Waals surface area (Å²) in [4.78, 5) is 3.18. The van der Waals surface area contributed by atoms with Crippen LogP contribution in [0.15, 0.2) is 71.6 Å². The zero-order chi connectivity index (χ0) is 21.3. The van der Waals surface area contributed by atoms with Gasteiger partial charge in [-0.2, -0.15) is 0 Å². The number of benzene rings is 3. The van der Waals surface area contributed by atoms with Crippen LogP contribution in [0.5, 0.6) is 11.5 Å². The molecule has 4 rings (SSSR count). The Labute approximate surface area is 173 Å². The zero-order valence-electron chi connectivity index (χ0n) is 16.3. The van der Waals surface area contributed by atoms with E-state index >= 15 is 0 Å². The highest BCUT2D eigenvalue weighted by atomic mass is 32.2. The minimum absolute atomic E-state index is 0.0316. The molecule has 0 amide bonds. The number of hydrogen-bond acceptors (Lipinski definition) is 4. The van der Waals surface area contributed by atoms with Crippen LogP contribution in [0.1, 0.15) is 0 Å². The van der Waals surface area contributed by atoms with Gasteiger partial charge in [-0.25, -0.2) is 12.8 Å². The smallest absolute Gasteiger partial charge is 0.265 e. The van der Waals surface area contributed by atoms with Crippen molar-refractivity contribution in [1.82, 2.24) is 4.98 Å². The number of H-pyrrole nitrogens is 1. The summed E-state index contributed by atoms with van der Waals surface area (Å²) in [6, 6.07) is 17.8. The lowest BCUT2D eigenvalue weighted by Gasteiger charge is -2.13. The Balaban J connectivity index is 1.69. The van der Waals surface area contributed by atoms with Crippen molar-refractivity contribution in [3.63, 3.8) is 0 Å². The van der Waals surface area contributed by atoms with Gasteiger partial charge in [0.2, 0.25) is 0 Å². The average Bonchev–Trinajstić information content (AvgIpc) is 3.16. The van der Waals surface area contributed by atoms with Crippen LogP contribution in [-0.2, 0) is 10.0 Å². The van der Waals surface area contributed by atoms with E-state index in [0.717, 1.165) is 22.2 Å². The van der Waals surface area contributed by atoms with E-state index in [9.17, 15) is 12.8 Å². The monoisotopic (exact) mass is 426 g/mol. The molecular formula is C22H19FN2O4S. The van der Waals surface area contributed by atoms with Crippen molar-refractivity contribution in [1.29, 1.82) is 0 Å². The molecule has 3 aromatic carbocycles. The van der Waals surface area contributed by atoms with Gasteiger partial charge in [-0.15, -0.1) is 0 Å². The van der Waals surface area contributed by atoms with Gasteiger partial charge in [-0.05, 0) is 48.5 Å². The third kappa shape index (κ3) is 3.81. The molecule has 154 valence electrons. The summed E-state index contributed by atoms with van der Waals surface area (Å²) in [6.07, 6.45) is 0. The van der Waals surface area contributed by atoms with Gasteiger partial charge in [-0.1, -0.05) is 12.1 Å². The van der Waals surface area contributed by atoms with Crippen LogP contribution < -0.4 is 14.2 Å². The van der Waals surface area contributed by atoms with Crippen molar-refractivity contribution < 1.29 is 22.3 Å². The second-order valence-corrected chi connectivity index (χ2v) is 8.27. The van der Waals surface area contributed by atoms with Gasteiger partial charge in [0.15, 0.2) is 0 Å². The van der Waals surface area contributed by atoms with Gasteiger partial charge in [0.05, 0.1) is 14.2 Å². The maximum absolute atomic E-state index is 13.5. The number of ether oxygens (including phenoxy) is 2. The number of anilines is 1. The number of sulfonamides is 1. The van der Waals surface area contributed by atoms with Crippen molar-refractivity contribution in [2.45, 2.75) is 4.90 Å². The van der Waals surface area contributed by atoms with Crippen LogP contribution in [0.3, 0.4) is 0 Å². The van der Waals surface area contributed by atoms with Gasteiger partial charge in [0, 0.05) is 33.9 Å². The molecule has 2 N–H and O–H groups in total. The fourth-order valence-electron chi connectivity index (χ4n) is 3.21. The van der Waals surface area contributed by atoms with Crippen LogP contribution in [0, 0.1) is 5.82 Å². The van der Waals surface area contributed by atoms with E-state index in [1.165, 1.54) is 38.5 Å². The number of methoxy groups -OCH3 is 2. The van der Waals surface area contributed by atoms with Crippen molar-refractivity contribution in [2.24, 2.45) is 0 Å². The largest absolute Gasteiger partial charge is 0.497 e. The molecule has 30 heavy (non-hydrogen) atoms. The van der Waals surface area contributed by atoms with Crippen LogP contribution in [0.25, 0.3) is 22.2 Å². The number of fused-ring (bicyclic) bond motifs is 1. The fraction of sp³-hybridized carbons (Fsp3) is 0.0909. The van der Waals surface area contributed by atoms with Gasteiger partial charge in [0.25, 0.3) is 10.0 Å². The maximum atomic E-state index is 13.5. The number of aromatic nitrogens is 1. The van der Waals surface area contributed by atoms with Gasteiger partial charge in [-0.3, -0.25) is 4.72 Å². The minimum Gasteiger partial charge on any atom is -0.497 e. The highest BCUT2D eigenvalue weighted by molar-refractivity contribution is 7.92. The predicted molar refractivity (Wildman–Crippen MR) is 114 cm³/mol. The second kappa shape index (κ2) is 7.72. The first kappa shape index (κ1) is 19.8. The summed E-state index contributed by atoms with van der Waals surface area (Å²) in [5.74, 6) is 0.286. The molecule has 1 aromatic heterocycles. The molecule has 0 aliphatic rings. The topological polar surface area (TPSA) is 80.4 Å². The van der Waals surface area contributed by atoms with E-state index < -0.39 is 10.0 Å². The van der Waals surface area contributed by atoms with Crippen LogP contribution in [-0.4, -0.2) is 27.6 Å². The molecule has 0 saturated heterocycles. The normalized spacial score (nSPS) is 11.4. The second-order valence-electron chi connectivity index (χ2n) is 6.62. The third-order valence-corrected chi connectivity index (χ3v) is 6.07. The average molecular weight is 426 g/mol. The van der Waals surface area contributed by atoms with Crippen molar-refractivity contribution >= 4 is 26.6 Å². The highest BCUT2D eigenvalue weighted by Crippen LogP contribution is 2.31. The molecule has 0 atom stereocenters. The highest BCUT2D eigenvalue weighted by Gasteiger charge is 2.21. The SMILES string of the molecule is COc1ccc(OC)c(S(=O)(=O)Nc2cccc(-c3cc4cc(F)ccc4[nH]3)c2)c1. The Bertz CT molecular complexity index is 1330. The Morgan fingerprint density at radius 2 is 1.77 bits per heavy atom. The minimum atomic E-state index is -3.93. The predicted octanol–water partition coefficient (Wildman–Crippen LogP) is 4.79. The van der Waals surface area contributed by atoms with Crippen molar-refractivity contribution in [3.8, 4) is 22.8 Å². The Morgan fingerprint density at radius 1 is 0.933 bits per heavy atom. The summed E-state index contributed by atoms with van der Waals surface area (Å²) >= 11 is 0. The molecule has 8 heteroatoms. The Hall–Kier alpha value is -3.52. The molecule has 0 radical (unpaired) electrons. The molecule has 0 unspecified atom stereocenters. The molecular weight excluding hydrogens is 407 g/mol. The number of aromatic amines is 1. The van der Waals surface area contributed by atoms with Crippen LogP contribution in [0.2, 0.25) is 0 Å². The molecule has 0 fully saturated rings. The van der Waals surface area contributed by atoms with Crippen LogP contribution in [0.4, 0.5) is 10.1 Å². The number of nitrogens with one attached hydrogen (secondary N) is 2. The van der Waals surface area contributed by atoms with Crippen molar-refractivity contribution in [2.75, 3.05) is 18.9 Å². The van der Waals surface area contributed by atoms with Gasteiger partial charge < -0.3 is 14.5 Å².